The van der Waals surface area contributed by atoms with Crippen LogP contribution in [0.25, 0.3) is 10.9 Å². The molecule has 8 heteroatoms. The Bertz CT molecular complexity index is 1170. The van der Waals surface area contributed by atoms with Gasteiger partial charge in [0.1, 0.15) is 17.9 Å². The average Bonchev–Trinajstić information content (AvgIpc) is 2.80. The Morgan fingerprint density at radius 2 is 2.19 bits per heavy atom. The number of nitrogens with zero attached hydrogens (tertiary/aromatic N) is 3. The van der Waals surface area contributed by atoms with Gasteiger partial charge in [0, 0.05) is 48.0 Å². The molecule has 0 saturated carbocycles. The number of hydrogen-bond donors (Lipinski definition) is 1. The maximum atomic E-state index is 12.5. The van der Waals surface area contributed by atoms with Crippen LogP contribution in [0.15, 0.2) is 61.7 Å². The quantitative estimate of drug-likeness (QED) is 0.479. The average molecular weight is 455 g/mol. The molecule has 2 aromatic heterocycles. The van der Waals surface area contributed by atoms with Crippen LogP contribution in [0.2, 0.25) is 5.02 Å². The highest BCUT2D eigenvalue weighted by atomic mass is 35.5. The van der Waals surface area contributed by atoms with Gasteiger partial charge < -0.3 is 15.0 Å². The van der Waals surface area contributed by atoms with E-state index in [1.165, 1.54) is 6.20 Å². The number of amides is 1. The van der Waals surface area contributed by atoms with E-state index >= 15 is 0 Å². The number of rotatable bonds is 9. The fourth-order valence-electron chi connectivity index (χ4n) is 3.27. The number of aryl methyl sites for hydroxylation is 1. The van der Waals surface area contributed by atoms with Crippen molar-refractivity contribution in [2.24, 2.45) is 0 Å². The second-order valence-electron chi connectivity index (χ2n) is 6.97. The zero-order valence-electron chi connectivity index (χ0n) is 17.9. The van der Waals surface area contributed by atoms with Crippen LogP contribution in [-0.4, -0.2) is 22.5 Å². The van der Waals surface area contributed by atoms with Gasteiger partial charge in [-0.1, -0.05) is 36.4 Å². The van der Waals surface area contributed by atoms with Crippen LogP contribution in [0.3, 0.4) is 0 Å². The number of nitrogens with one attached hydrogen (secondary N) is 1. The molecular formula is C24H24ClFN4O2. The number of halogens is 2. The fraction of sp³-hybridized carbons (Fsp3) is 0.208. The maximum absolute atomic E-state index is 12.5. The number of allylic oxidation sites excluding steroid dienone is 1. The Balaban J connectivity index is 1.95. The Hall–Kier alpha value is -3.45. The summed E-state index contributed by atoms with van der Waals surface area (Å²) in [6, 6.07) is 7.69. The molecule has 1 amide bonds. The highest BCUT2D eigenvalue weighted by Gasteiger charge is 2.14. The van der Waals surface area contributed by atoms with E-state index in [0.717, 1.165) is 16.8 Å². The van der Waals surface area contributed by atoms with E-state index in [4.69, 9.17) is 16.3 Å². The Kier molecular flexibility index (Phi) is 7.78. The first-order valence-electron chi connectivity index (χ1n) is 9.99. The first kappa shape index (κ1) is 23.2. The minimum absolute atomic E-state index is 0.101. The molecule has 166 valence electrons. The highest BCUT2D eigenvalue weighted by molar-refractivity contribution is 6.31. The SMILES string of the molecule is C=CN(/C=C\C)c1cc(C)nc2c(OCc3c(Cl)cncc3CNC(=O)CF)cccc12. The summed E-state index contributed by atoms with van der Waals surface area (Å²) in [4.78, 5) is 22.0. The molecular weight excluding hydrogens is 431 g/mol. The molecule has 0 spiro atoms. The van der Waals surface area contributed by atoms with E-state index in [1.807, 2.05) is 55.3 Å². The summed E-state index contributed by atoms with van der Waals surface area (Å²) >= 11 is 6.34. The second kappa shape index (κ2) is 10.7. The van der Waals surface area contributed by atoms with Gasteiger partial charge in [-0.3, -0.25) is 9.78 Å². The van der Waals surface area contributed by atoms with Gasteiger partial charge in [-0.25, -0.2) is 9.37 Å². The zero-order valence-corrected chi connectivity index (χ0v) is 18.7. The Labute approximate surface area is 191 Å². The lowest BCUT2D eigenvalue weighted by Crippen LogP contribution is -2.25. The number of anilines is 1. The normalized spacial score (nSPS) is 11.0. The monoisotopic (exact) mass is 454 g/mol. The lowest BCUT2D eigenvalue weighted by molar-refractivity contribution is -0.122. The highest BCUT2D eigenvalue weighted by Crippen LogP contribution is 2.33. The summed E-state index contributed by atoms with van der Waals surface area (Å²) in [6.45, 7) is 6.90. The molecule has 0 aliphatic heterocycles. The van der Waals surface area contributed by atoms with Gasteiger partial charge in [-0.15, -0.1) is 0 Å². The van der Waals surface area contributed by atoms with Gasteiger partial charge in [0.25, 0.3) is 5.91 Å². The van der Waals surface area contributed by atoms with Crippen molar-refractivity contribution in [3.05, 3.63) is 83.6 Å². The van der Waals surface area contributed by atoms with Crippen molar-refractivity contribution < 1.29 is 13.9 Å². The number of aromatic nitrogens is 2. The van der Waals surface area contributed by atoms with Crippen LogP contribution >= 0.6 is 11.6 Å². The number of pyridine rings is 2. The molecule has 0 saturated heterocycles. The first-order valence-corrected chi connectivity index (χ1v) is 10.4. The molecule has 0 fully saturated rings. The van der Waals surface area contributed by atoms with Gasteiger partial charge >= 0.3 is 0 Å². The van der Waals surface area contributed by atoms with Crippen molar-refractivity contribution in [3.63, 3.8) is 0 Å². The second-order valence-corrected chi connectivity index (χ2v) is 7.37. The number of carbonyl (C=O) groups is 1. The molecule has 0 unspecified atom stereocenters. The minimum atomic E-state index is -1.09. The number of para-hydroxylation sites is 1. The third-order valence-corrected chi connectivity index (χ3v) is 5.08. The summed E-state index contributed by atoms with van der Waals surface area (Å²) in [7, 11) is 0. The smallest absolute Gasteiger partial charge is 0.251 e. The van der Waals surface area contributed by atoms with Crippen molar-refractivity contribution in [1.82, 2.24) is 15.3 Å². The fourth-order valence-corrected chi connectivity index (χ4v) is 3.50. The molecule has 2 heterocycles. The topological polar surface area (TPSA) is 67.3 Å². The zero-order chi connectivity index (χ0) is 23.1. The van der Waals surface area contributed by atoms with E-state index in [1.54, 1.807) is 12.4 Å². The molecule has 0 aliphatic rings. The number of carbonyl (C=O) groups excluding carboxylic acids is 1. The van der Waals surface area contributed by atoms with Crippen LogP contribution in [0.4, 0.5) is 10.1 Å². The molecule has 0 radical (unpaired) electrons. The summed E-state index contributed by atoms with van der Waals surface area (Å²) in [6.07, 6.45) is 8.66. The molecule has 0 atom stereocenters. The van der Waals surface area contributed by atoms with Crippen LogP contribution in [0.5, 0.6) is 5.75 Å². The first-order chi connectivity index (χ1) is 15.5. The number of hydrogen-bond acceptors (Lipinski definition) is 5. The molecule has 32 heavy (non-hydrogen) atoms. The minimum Gasteiger partial charge on any atom is -0.487 e. The number of ether oxygens (including phenoxy) is 1. The lowest BCUT2D eigenvalue weighted by Gasteiger charge is -2.19. The van der Waals surface area contributed by atoms with Crippen molar-refractivity contribution in [3.8, 4) is 5.75 Å². The third kappa shape index (κ3) is 5.23. The summed E-state index contributed by atoms with van der Waals surface area (Å²) in [5, 5.41) is 3.79. The summed E-state index contributed by atoms with van der Waals surface area (Å²) < 4.78 is 18.6. The predicted octanol–water partition coefficient (Wildman–Crippen LogP) is 5.24. The van der Waals surface area contributed by atoms with Gasteiger partial charge in [-0.2, -0.15) is 0 Å². The van der Waals surface area contributed by atoms with E-state index in [-0.39, 0.29) is 13.2 Å². The van der Waals surface area contributed by atoms with E-state index < -0.39 is 12.6 Å². The van der Waals surface area contributed by atoms with Gasteiger partial charge in [-0.05, 0) is 31.5 Å². The molecule has 1 N–H and O–H groups in total. The van der Waals surface area contributed by atoms with Crippen LogP contribution in [0, 0.1) is 6.92 Å². The van der Waals surface area contributed by atoms with Crippen LogP contribution < -0.4 is 15.0 Å². The number of fused-ring (bicyclic) bond motifs is 1. The standard InChI is InChI=1S/C24H24ClFN4O2/c1-4-9-30(5-2)21-10-16(3)29-24-18(21)7-6-8-22(24)32-15-19-17(12-27-14-20(19)25)13-28-23(31)11-26/h4-10,12,14H,2,11,13,15H2,1,3H3,(H,28,31)/b9-4-. The van der Waals surface area contributed by atoms with E-state index in [2.05, 4.69) is 21.9 Å². The van der Waals surface area contributed by atoms with E-state index in [0.29, 0.717) is 27.4 Å². The number of benzene rings is 1. The predicted molar refractivity (Wildman–Crippen MR) is 125 cm³/mol. The van der Waals surface area contributed by atoms with Crippen molar-refractivity contribution in [2.75, 3.05) is 11.6 Å². The molecule has 3 aromatic rings. The van der Waals surface area contributed by atoms with E-state index in [9.17, 15) is 9.18 Å². The van der Waals surface area contributed by atoms with Crippen LogP contribution in [0.1, 0.15) is 23.7 Å². The Morgan fingerprint density at radius 1 is 1.38 bits per heavy atom. The summed E-state index contributed by atoms with van der Waals surface area (Å²) in [5.74, 6) is -0.116. The largest absolute Gasteiger partial charge is 0.487 e. The molecule has 1 aromatic carbocycles. The van der Waals surface area contributed by atoms with Gasteiger partial charge in [0.15, 0.2) is 6.67 Å². The lowest BCUT2D eigenvalue weighted by atomic mass is 10.1. The van der Waals surface area contributed by atoms with Crippen molar-refractivity contribution in [1.29, 1.82) is 0 Å². The molecule has 0 bridgehead atoms. The summed E-state index contributed by atoms with van der Waals surface area (Å²) in [5.41, 5.74) is 3.78. The maximum Gasteiger partial charge on any atom is 0.251 e. The van der Waals surface area contributed by atoms with Gasteiger partial charge in [0.2, 0.25) is 0 Å². The third-order valence-electron chi connectivity index (χ3n) is 4.76. The molecule has 0 aliphatic carbocycles. The number of alkyl halides is 1. The molecule has 3 rings (SSSR count). The van der Waals surface area contributed by atoms with Crippen molar-refractivity contribution >= 4 is 34.1 Å². The molecule has 6 nitrogen and oxygen atoms in total. The van der Waals surface area contributed by atoms with Crippen LogP contribution in [-0.2, 0) is 17.9 Å². The Morgan fingerprint density at radius 3 is 2.91 bits per heavy atom. The van der Waals surface area contributed by atoms with Gasteiger partial charge in [0.05, 0.1) is 10.7 Å². The van der Waals surface area contributed by atoms with Crippen molar-refractivity contribution in [2.45, 2.75) is 27.0 Å².